The van der Waals surface area contributed by atoms with E-state index in [1.165, 1.54) is 15.9 Å². The molecular formula is C11H11F2N3O2. The van der Waals surface area contributed by atoms with Gasteiger partial charge in [-0.05, 0) is 12.1 Å². The number of rotatable bonds is 3. The Hall–Kier alpha value is -2.18. The molecule has 7 heteroatoms. The summed E-state index contributed by atoms with van der Waals surface area (Å²) in [6, 6.07) is 2.76. The molecule has 0 aromatic heterocycles. The minimum absolute atomic E-state index is 0.182. The number of hydrogen-bond acceptors (Lipinski definition) is 2. The van der Waals surface area contributed by atoms with E-state index in [-0.39, 0.29) is 12.2 Å². The van der Waals surface area contributed by atoms with Crippen LogP contribution in [0.3, 0.4) is 0 Å². The van der Waals surface area contributed by atoms with E-state index < -0.39 is 23.6 Å². The van der Waals surface area contributed by atoms with Crippen LogP contribution in [0.25, 0.3) is 0 Å². The number of primary amides is 1. The lowest BCUT2D eigenvalue weighted by Gasteiger charge is -2.17. The molecule has 0 unspecified atom stereocenters. The Labute approximate surface area is 102 Å². The summed E-state index contributed by atoms with van der Waals surface area (Å²) >= 11 is 0. The van der Waals surface area contributed by atoms with Gasteiger partial charge in [0.25, 0.3) is 0 Å². The molecule has 0 bridgehead atoms. The zero-order chi connectivity index (χ0) is 13.3. The van der Waals surface area contributed by atoms with Crippen molar-refractivity contribution in [3.8, 4) is 0 Å². The fourth-order valence-electron chi connectivity index (χ4n) is 1.81. The van der Waals surface area contributed by atoms with Crippen LogP contribution < -0.4 is 10.6 Å². The largest absolute Gasteiger partial charge is 0.368 e. The molecule has 1 aliphatic rings. The molecule has 0 spiro atoms. The number of carbonyl (C=O) groups is 2. The van der Waals surface area contributed by atoms with Crippen molar-refractivity contribution in [2.24, 2.45) is 5.73 Å². The van der Waals surface area contributed by atoms with E-state index in [1.807, 2.05) is 0 Å². The molecule has 96 valence electrons. The summed E-state index contributed by atoms with van der Waals surface area (Å²) in [6.07, 6.45) is 0. The van der Waals surface area contributed by atoms with Crippen molar-refractivity contribution in [2.45, 2.75) is 0 Å². The molecule has 1 fully saturated rings. The summed E-state index contributed by atoms with van der Waals surface area (Å²) in [5.74, 6) is -2.61. The van der Waals surface area contributed by atoms with E-state index in [2.05, 4.69) is 0 Å². The number of nitrogens with two attached hydrogens (primary N) is 1. The Kier molecular flexibility index (Phi) is 3.14. The third-order valence-electron chi connectivity index (χ3n) is 2.66. The Morgan fingerprint density at radius 2 is 2.00 bits per heavy atom. The van der Waals surface area contributed by atoms with Gasteiger partial charge in [-0.3, -0.25) is 9.69 Å². The van der Waals surface area contributed by atoms with Gasteiger partial charge in [0.15, 0.2) is 11.6 Å². The maximum absolute atomic E-state index is 13.1. The Morgan fingerprint density at radius 1 is 1.28 bits per heavy atom. The SMILES string of the molecule is NC(=O)CN1CCN(c2ccc(F)c(F)c2)C1=O. The first-order valence-electron chi connectivity index (χ1n) is 5.29. The number of urea groups is 1. The van der Waals surface area contributed by atoms with E-state index in [9.17, 15) is 18.4 Å². The average molecular weight is 255 g/mol. The van der Waals surface area contributed by atoms with Gasteiger partial charge in [-0.15, -0.1) is 0 Å². The maximum Gasteiger partial charge on any atom is 0.325 e. The second kappa shape index (κ2) is 4.59. The molecule has 18 heavy (non-hydrogen) atoms. The molecule has 2 N–H and O–H groups in total. The van der Waals surface area contributed by atoms with Crippen molar-refractivity contribution in [3.05, 3.63) is 29.8 Å². The smallest absolute Gasteiger partial charge is 0.325 e. The van der Waals surface area contributed by atoms with Gasteiger partial charge in [0, 0.05) is 24.8 Å². The van der Waals surface area contributed by atoms with Gasteiger partial charge in [-0.1, -0.05) is 0 Å². The number of carbonyl (C=O) groups excluding carboxylic acids is 2. The lowest BCUT2D eigenvalue weighted by atomic mass is 10.3. The van der Waals surface area contributed by atoms with Crippen LogP contribution in [0.1, 0.15) is 0 Å². The standard InChI is InChI=1S/C11H11F2N3O2/c12-8-2-1-7(5-9(8)13)16-4-3-15(11(16)18)6-10(14)17/h1-2,5H,3-4,6H2,(H2,14,17). The van der Waals surface area contributed by atoms with Crippen LogP contribution in [0.4, 0.5) is 19.3 Å². The molecule has 1 aliphatic heterocycles. The van der Waals surface area contributed by atoms with Crippen LogP contribution in [0, 0.1) is 11.6 Å². The van der Waals surface area contributed by atoms with Gasteiger partial charge < -0.3 is 10.6 Å². The van der Waals surface area contributed by atoms with Crippen molar-refractivity contribution >= 4 is 17.6 Å². The summed E-state index contributed by atoms with van der Waals surface area (Å²) in [5.41, 5.74) is 5.26. The summed E-state index contributed by atoms with van der Waals surface area (Å²) in [6.45, 7) is 0.441. The third-order valence-corrected chi connectivity index (χ3v) is 2.66. The number of hydrogen-bond donors (Lipinski definition) is 1. The molecule has 1 aromatic rings. The Morgan fingerprint density at radius 3 is 2.61 bits per heavy atom. The highest BCUT2D eigenvalue weighted by molar-refractivity contribution is 5.96. The summed E-state index contributed by atoms with van der Waals surface area (Å²) < 4.78 is 25.8. The predicted molar refractivity (Wildman–Crippen MR) is 59.9 cm³/mol. The fourth-order valence-corrected chi connectivity index (χ4v) is 1.81. The molecular weight excluding hydrogens is 244 g/mol. The monoisotopic (exact) mass is 255 g/mol. The molecule has 1 saturated heterocycles. The molecule has 0 radical (unpaired) electrons. The van der Waals surface area contributed by atoms with E-state index in [0.29, 0.717) is 13.1 Å². The van der Waals surface area contributed by atoms with Crippen molar-refractivity contribution in [3.63, 3.8) is 0 Å². The van der Waals surface area contributed by atoms with E-state index in [1.54, 1.807) is 0 Å². The van der Waals surface area contributed by atoms with Crippen LogP contribution in [0.2, 0.25) is 0 Å². The number of halogens is 2. The maximum atomic E-state index is 13.1. The van der Waals surface area contributed by atoms with Gasteiger partial charge in [0.05, 0.1) is 0 Å². The van der Waals surface area contributed by atoms with E-state index in [4.69, 9.17) is 5.73 Å². The number of amides is 3. The quantitative estimate of drug-likeness (QED) is 0.863. The van der Waals surface area contributed by atoms with E-state index in [0.717, 1.165) is 12.1 Å². The van der Waals surface area contributed by atoms with Crippen molar-refractivity contribution in [1.82, 2.24) is 4.90 Å². The molecule has 0 saturated carbocycles. The molecule has 0 aliphatic carbocycles. The summed E-state index contributed by atoms with van der Waals surface area (Å²) in [5, 5.41) is 0. The van der Waals surface area contributed by atoms with Crippen molar-refractivity contribution in [1.29, 1.82) is 0 Å². The minimum atomic E-state index is -1.02. The topological polar surface area (TPSA) is 66.6 Å². The van der Waals surface area contributed by atoms with Crippen LogP contribution in [-0.4, -0.2) is 36.5 Å². The first kappa shape index (κ1) is 12.3. The fraction of sp³-hybridized carbons (Fsp3) is 0.273. The van der Waals surface area contributed by atoms with E-state index >= 15 is 0 Å². The second-order valence-corrected chi connectivity index (χ2v) is 3.92. The van der Waals surface area contributed by atoms with Crippen molar-refractivity contribution < 1.29 is 18.4 Å². The van der Waals surface area contributed by atoms with Gasteiger partial charge in [-0.2, -0.15) is 0 Å². The van der Waals surface area contributed by atoms with Gasteiger partial charge >= 0.3 is 6.03 Å². The summed E-state index contributed by atoms with van der Waals surface area (Å²) in [4.78, 5) is 25.1. The lowest BCUT2D eigenvalue weighted by Crippen LogP contribution is -2.37. The first-order valence-corrected chi connectivity index (χ1v) is 5.29. The van der Waals surface area contributed by atoms with Crippen LogP contribution >= 0.6 is 0 Å². The minimum Gasteiger partial charge on any atom is -0.368 e. The Bertz CT molecular complexity index is 507. The lowest BCUT2D eigenvalue weighted by molar-refractivity contribution is -0.118. The molecule has 2 rings (SSSR count). The summed E-state index contributed by atoms with van der Waals surface area (Å²) in [7, 11) is 0. The van der Waals surface area contributed by atoms with Gasteiger partial charge in [0.1, 0.15) is 6.54 Å². The number of benzene rings is 1. The highest BCUT2D eigenvalue weighted by Crippen LogP contribution is 2.22. The molecule has 0 atom stereocenters. The second-order valence-electron chi connectivity index (χ2n) is 3.92. The first-order chi connectivity index (χ1) is 8.49. The van der Waals surface area contributed by atoms with Gasteiger partial charge in [-0.25, -0.2) is 13.6 Å². The van der Waals surface area contributed by atoms with Crippen LogP contribution in [-0.2, 0) is 4.79 Å². The van der Waals surface area contributed by atoms with Crippen molar-refractivity contribution in [2.75, 3.05) is 24.5 Å². The molecule has 1 aromatic carbocycles. The predicted octanol–water partition coefficient (Wildman–Crippen LogP) is 0.692. The zero-order valence-electron chi connectivity index (χ0n) is 9.40. The third kappa shape index (κ3) is 2.24. The molecule has 3 amide bonds. The Balaban J connectivity index is 2.18. The number of nitrogens with zero attached hydrogens (tertiary/aromatic N) is 2. The van der Waals surface area contributed by atoms with Crippen LogP contribution in [0.5, 0.6) is 0 Å². The zero-order valence-corrected chi connectivity index (χ0v) is 9.40. The molecule has 5 nitrogen and oxygen atoms in total. The number of anilines is 1. The average Bonchev–Trinajstić information content (AvgIpc) is 2.64. The van der Waals surface area contributed by atoms with Crippen LogP contribution in [0.15, 0.2) is 18.2 Å². The van der Waals surface area contributed by atoms with Gasteiger partial charge in [0.2, 0.25) is 5.91 Å². The highest BCUT2D eigenvalue weighted by atomic mass is 19.2. The highest BCUT2D eigenvalue weighted by Gasteiger charge is 2.30. The normalized spacial score (nSPS) is 15.3. The molecule has 1 heterocycles.